The van der Waals surface area contributed by atoms with Gasteiger partial charge < -0.3 is 10.5 Å². The topological polar surface area (TPSA) is 35.2 Å². The molecule has 2 aromatic carbocycles. The van der Waals surface area contributed by atoms with Crippen LogP contribution in [-0.4, -0.2) is 7.11 Å². The molecule has 1 atom stereocenters. The summed E-state index contributed by atoms with van der Waals surface area (Å²) in [7, 11) is 1.69. The Morgan fingerprint density at radius 1 is 1.21 bits per heavy atom. The van der Waals surface area contributed by atoms with E-state index in [9.17, 15) is 0 Å². The van der Waals surface area contributed by atoms with E-state index in [1.807, 2.05) is 24.3 Å². The van der Waals surface area contributed by atoms with Gasteiger partial charge in [0.15, 0.2) is 0 Å². The summed E-state index contributed by atoms with van der Waals surface area (Å²) in [5.74, 6) is 0.894. The van der Waals surface area contributed by atoms with Crippen molar-refractivity contribution >= 4 is 15.9 Å². The summed E-state index contributed by atoms with van der Waals surface area (Å²) in [4.78, 5) is 0. The number of benzene rings is 2. The summed E-state index contributed by atoms with van der Waals surface area (Å²) >= 11 is 3.50. The highest BCUT2D eigenvalue weighted by Gasteiger charge is 2.12. The third-order valence-electron chi connectivity index (χ3n) is 3.27. The number of ether oxygens (including phenoxy) is 1. The molecule has 0 aliphatic carbocycles. The number of hydrogen-bond donors (Lipinski definition) is 1. The van der Waals surface area contributed by atoms with E-state index in [-0.39, 0.29) is 6.04 Å². The van der Waals surface area contributed by atoms with E-state index >= 15 is 0 Å². The molecule has 0 spiro atoms. The molecule has 1 unspecified atom stereocenters. The van der Waals surface area contributed by atoms with Gasteiger partial charge in [0, 0.05) is 10.5 Å². The minimum Gasteiger partial charge on any atom is -0.496 e. The largest absolute Gasteiger partial charge is 0.496 e. The molecule has 2 aromatic rings. The monoisotopic (exact) mass is 319 g/mol. The zero-order chi connectivity index (χ0) is 13.8. The predicted molar refractivity (Wildman–Crippen MR) is 82.5 cm³/mol. The molecule has 0 saturated heterocycles. The lowest BCUT2D eigenvalue weighted by molar-refractivity contribution is 0.408. The Morgan fingerprint density at radius 3 is 2.68 bits per heavy atom. The van der Waals surface area contributed by atoms with Crippen LogP contribution in [-0.2, 0) is 6.42 Å². The lowest BCUT2D eigenvalue weighted by Gasteiger charge is -2.17. The Hall–Kier alpha value is -1.32. The number of halogens is 1. The molecule has 3 heteroatoms. The fourth-order valence-corrected chi connectivity index (χ4v) is 2.61. The molecule has 0 radical (unpaired) electrons. The minimum atomic E-state index is -0.0335. The van der Waals surface area contributed by atoms with Crippen LogP contribution in [0.4, 0.5) is 0 Å². The van der Waals surface area contributed by atoms with E-state index in [4.69, 9.17) is 10.5 Å². The molecule has 0 aliphatic heterocycles. The number of para-hydroxylation sites is 1. The predicted octanol–water partition coefficient (Wildman–Crippen LogP) is 4.01. The van der Waals surface area contributed by atoms with Gasteiger partial charge in [-0.1, -0.05) is 40.2 Å². The second kappa shape index (κ2) is 6.22. The summed E-state index contributed by atoms with van der Waals surface area (Å²) in [6, 6.07) is 14.2. The van der Waals surface area contributed by atoms with Gasteiger partial charge in [-0.15, -0.1) is 0 Å². The number of hydrogen-bond acceptors (Lipinski definition) is 2. The molecule has 0 aliphatic rings. The first-order chi connectivity index (χ1) is 9.11. The van der Waals surface area contributed by atoms with E-state index in [2.05, 4.69) is 41.1 Å². The van der Waals surface area contributed by atoms with Crippen LogP contribution in [0.2, 0.25) is 0 Å². The van der Waals surface area contributed by atoms with E-state index in [0.717, 1.165) is 22.2 Å². The van der Waals surface area contributed by atoms with Crippen LogP contribution in [0.25, 0.3) is 0 Å². The Bertz CT molecular complexity index is 568. The second-order valence-corrected chi connectivity index (χ2v) is 5.54. The van der Waals surface area contributed by atoms with Crippen LogP contribution < -0.4 is 10.5 Å². The maximum atomic E-state index is 6.34. The molecule has 0 saturated carbocycles. The summed E-state index contributed by atoms with van der Waals surface area (Å²) < 4.78 is 6.43. The van der Waals surface area contributed by atoms with Gasteiger partial charge in [0.2, 0.25) is 0 Å². The second-order valence-electron chi connectivity index (χ2n) is 4.62. The molecular weight excluding hydrogens is 302 g/mol. The Labute approximate surface area is 122 Å². The summed E-state index contributed by atoms with van der Waals surface area (Å²) in [5.41, 5.74) is 9.86. The fraction of sp³-hybridized carbons (Fsp3) is 0.250. The van der Waals surface area contributed by atoms with Gasteiger partial charge in [-0.3, -0.25) is 0 Å². The first-order valence-corrected chi connectivity index (χ1v) is 7.04. The Morgan fingerprint density at radius 2 is 1.95 bits per heavy atom. The molecule has 100 valence electrons. The van der Waals surface area contributed by atoms with E-state index < -0.39 is 0 Å². The lowest BCUT2D eigenvalue weighted by Crippen LogP contribution is -2.15. The summed E-state index contributed by atoms with van der Waals surface area (Å²) in [6.07, 6.45) is 0.765. The summed E-state index contributed by atoms with van der Waals surface area (Å²) in [5, 5.41) is 0. The molecule has 0 aromatic heterocycles. The standard InChI is InChI=1S/C16H18BrNO/c1-11-7-8-13(17)10-14(11)15(18)9-12-5-3-4-6-16(12)19-2/h3-8,10,15H,9,18H2,1-2H3. The third kappa shape index (κ3) is 3.37. The van der Waals surface area contributed by atoms with Crippen molar-refractivity contribution in [2.45, 2.75) is 19.4 Å². The van der Waals surface area contributed by atoms with Crippen molar-refractivity contribution in [2.24, 2.45) is 5.73 Å². The van der Waals surface area contributed by atoms with Crippen LogP contribution in [0.15, 0.2) is 46.9 Å². The van der Waals surface area contributed by atoms with E-state index in [1.54, 1.807) is 7.11 Å². The Balaban J connectivity index is 2.25. The zero-order valence-electron chi connectivity index (χ0n) is 11.2. The molecule has 0 heterocycles. The van der Waals surface area contributed by atoms with Crippen LogP contribution in [0.1, 0.15) is 22.7 Å². The van der Waals surface area contributed by atoms with Crippen LogP contribution in [0.5, 0.6) is 5.75 Å². The van der Waals surface area contributed by atoms with E-state index in [1.165, 1.54) is 11.1 Å². The van der Waals surface area contributed by atoms with Gasteiger partial charge in [0.05, 0.1) is 7.11 Å². The number of methoxy groups -OCH3 is 1. The van der Waals surface area contributed by atoms with Gasteiger partial charge in [0.1, 0.15) is 5.75 Å². The summed E-state index contributed by atoms with van der Waals surface area (Å²) in [6.45, 7) is 2.09. The fourth-order valence-electron chi connectivity index (χ4n) is 2.23. The van der Waals surface area contributed by atoms with Crippen molar-refractivity contribution in [3.05, 3.63) is 63.6 Å². The normalized spacial score (nSPS) is 12.2. The van der Waals surface area contributed by atoms with Crippen molar-refractivity contribution in [1.29, 1.82) is 0 Å². The van der Waals surface area contributed by atoms with Gasteiger partial charge >= 0.3 is 0 Å². The molecular formula is C16H18BrNO. The number of nitrogens with two attached hydrogens (primary N) is 1. The maximum absolute atomic E-state index is 6.34. The third-order valence-corrected chi connectivity index (χ3v) is 3.77. The highest BCUT2D eigenvalue weighted by atomic mass is 79.9. The zero-order valence-corrected chi connectivity index (χ0v) is 12.8. The van der Waals surface area contributed by atoms with Gasteiger partial charge in [-0.05, 0) is 48.2 Å². The quantitative estimate of drug-likeness (QED) is 0.924. The van der Waals surface area contributed by atoms with Gasteiger partial charge in [-0.25, -0.2) is 0 Å². The smallest absolute Gasteiger partial charge is 0.122 e. The molecule has 2 nitrogen and oxygen atoms in total. The molecule has 0 amide bonds. The first kappa shape index (κ1) is 14.1. The van der Waals surface area contributed by atoms with E-state index in [0.29, 0.717) is 0 Å². The molecule has 2 rings (SSSR count). The Kier molecular flexibility index (Phi) is 4.61. The van der Waals surface area contributed by atoms with Crippen molar-refractivity contribution in [3.8, 4) is 5.75 Å². The molecule has 0 fully saturated rings. The average Bonchev–Trinajstić information content (AvgIpc) is 2.42. The average molecular weight is 320 g/mol. The molecule has 2 N–H and O–H groups in total. The molecule has 19 heavy (non-hydrogen) atoms. The van der Waals surface area contributed by atoms with Crippen LogP contribution in [0, 0.1) is 6.92 Å². The maximum Gasteiger partial charge on any atom is 0.122 e. The van der Waals surface area contributed by atoms with Crippen molar-refractivity contribution in [2.75, 3.05) is 7.11 Å². The number of rotatable bonds is 4. The number of aryl methyl sites for hydroxylation is 1. The first-order valence-electron chi connectivity index (χ1n) is 6.25. The van der Waals surface area contributed by atoms with Gasteiger partial charge in [0.25, 0.3) is 0 Å². The van der Waals surface area contributed by atoms with Crippen LogP contribution in [0.3, 0.4) is 0 Å². The minimum absolute atomic E-state index is 0.0335. The highest BCUT2D eigenvalue weighted by molar-refractivity contribution is 9.10. The highest BCUT2D eigenvalue weighted by Crippen LogP contribution is 2.26. The van der Waals surface area contributed by atoms with Crippen molar-refractivity contribution < 1.29 is 4.74 Å². The lowest BCUT2D eigenvalue weighted by atomic mass is 9.96. The van der Waals surface area contributed by atoms with Gasteiger partial charge in [-0.2, -0.15) is 0 Å². The van der Waals surface area contributed by atoms with Crippen molar-refractivity contribution in [1.82, 2.24) is 0 Å². The molecule has 0 bridgehead atoms. The van der Waals surface area contributed by atoms with Crippen LogP contribution >= 0.6 is 15.9 Å². The van der Waals surface area contributed by atoms with Crippen molar-refractivity contribution in [3.63, 3.8) is 0 Å². The SMILES string of the molecule is COc1ccccc1CC(N)c1cc(Br)ccc1C.